The largest absolute Gasteiger partial charge is 0.494 e. The third kappa shape index (κ3) is 5.73. The van der Waals surface area contributed by atoms with Gasteiger partial charge in [0.05, 0.1) is 11.6 Å². The van der Waals surface area contributed by atoms with Crippen molar-refractivity contribution >= 4 is 21.8 Å². The maximum absolute atomic E-state index is 12.4. The molecule has 0 spiro atoms. The van der Waals surface area contributed by atoms with Gasteiger partial charge in [-0.2, -0.15) is 4.31 Å². The number of hydrogen-bond donors (Lipinski definition) is 0. The summed E-state index contributed by atoms with van der Waals surface area (Å²) in [6.45, 7) is 5.21. The van der Waals surface area contributed by atoms with Crippen molar-refractivity contribution in [3.8, 4) is 5.75 Å². The highest BCUT2D eigenvalue weighted by atomic mass is 32.2. The van der Waals surface area contributed by atoms with Crippen LogP contribution in [-0.2, 0) is 10.0 Å². The molecule has 2 rings (SSSR count). The van der Waals surface area contributed by atoms with E-state index < -0.39 is 10.0 Å². The molecule has 25 heavy (non-hydrogen) atoms. The number of ether oxygens (including phenoxy) is 1. The Morgan fingerprint density at radius 2 is 1.80 bits per heavy atom. The molecular formula is C18H24N2O3S2. The summed E-state index contributed by atoms with van der Waals surface area (Å²) in [5.74, 6) is 1.73. The van der Waals surface area contributed by atoms with Gasteiger partial charge >= 0.3 is 0 Å². The number of sulfonamides is 1. The van der Waals surface area contributed by atoms with Gasteiger partial charge in [-0.1, -0.05) is 32.0 Å². The minimum atomic E-state index is -3.44. The summed E-state index contributed by atoms with van der Waals surface area (Å²) in [7, 11) is -3.44. The van der Waals surface area contributed by atoms with Crippen LogP contribution in [0.25, 0.3) is 0 Å². The third-order valence-corrected chi connectivity index (χ3v) is 6.67. The summed E-state index contributed by atoms with van der Waals surface area (Å²) in [6.07, 6.45) is 2.33. The van der Waals surface area contributed by atoms with Gasteiger partial charge in [0.1, 0.15) is 10.6 Å². The number of thioether (sulfide) groups is 1. The molecule has 0 bridgehead atoms. The first-order valence-electron chi connectivity index (χ1n) is 8.34. The molecule has 0 unspecified atom stereocenters. The van der Waals surface area contributed by atoms with E-state index >= 15 is 0 Å². The molecule has 1 heterocycles. The van der Waals surface area contributed by atoms with Crippen LogP contribution in [0.1, 0.15) is 20.3 Å². The molecule has 5 nitrogen and oxygen atoms in total. The molecule has 0 atom stereocenters. The van der Waals surface area contributed by atoms with E-state index in [1.54, 1.807) is 23.9 Å². The van der Waals surface area contributed by atoms with E-state index in [1.807, 2.05) is 44.2 Å². The van der Waals surface area contributed by atoms with E-state index in [-0.39, 0.29) is 4.90 Å². The summed E-state index contributed by atoms with van der Waals surface area (Å²) in [6, 6.07) is 13.1. The summed E-state index contributed by atoms with van der Waals surface area (Å²) in [4.78, 5) is 4.51. The first-order chi connectivity index (χ1) is 12.1. The van der Waals surface area contributed by atoms with Gasteiger partial charge in [0.2, 0.25) is 10.0 Å². The predicted octanol–water partition coefficient (Wildman–Crippen LogP) is 3.67. The van der Waals surface area contributed by atoms with Crippen LogP contribution in [0.5, 0.6) is 5.75 Å². The van der Waals surface area contributed by atoms with Gasteiger partial charge in [0, 0.05) is 25.0 Å². The summed E-state index contributed by atoms with van der Waals surface area (Å²) in [5, 5.41) is 0.818. The second-order valence-corrected chi connectivity index (χ2v) is 8.34. The lowest BCUT2D eigenvalue weighted by atomic mass is 10.3. The van der Waals surface area contributed by atoms with Gasteiger partial charge in [0.25, 0.3) is 0 Å². The fourth-order valence-electron chi connectivity index (χ4n) is 2.26. The van der Waals surface area contributed by atoms with Crippen molar-refractivity contribution < 1.29 is 13.2 Å². The molecule has 1 aromatic heterocycles. The number of aromatic nitrogens is 1. The third-order valence-electron chi connectivity index (χ3n) is 3.60. The Kier molecular flexibility index (Phi) is 7.74. The van der Waals surface area contributed by atoms with E-state index in [1.165, 1.54) is 10.5 Å². The number of rotatable bonds is 10. The highest BCUT2D eigenvalue weighted by Gasteiger charge is 2.21. The maximum Gasteiger partial charge on any atom is 0.244 e. The second-order valence-electron chi connectivity index (χ2n) is 5.28. The summed E-state index contributed by atoms with van der Waals surface area (Å²) in [5.41, 5.74) is 0. The van der Waals surface area contributed by atoms with E-state index in [0.29, 0.717) is 19.7 Å². The molecule has 0 saturated carbocycles. The average Bonchev–Trinajstić information content (AvgIpc) is 2.63. The molecule has 0 saturated heterocycles. The Labute approximate surface area is 154 Å². The topological polar surface area (TPSA) is 59.5 Å². The fraction of sp³-hybridized carbons (Fsp3) is 0.389. The minimum Gasteiger partial charge on any atom is -0.494 e. The Balaban J connectivity index is 1.80. The molecule has 0 amide bonds. The monoisotopic (exact) mass is 380 g/mol. The minimum absolute atomic E-state index is 0.243. The first kappa shape index (κ1) is 19.8. The fourth-order valence-corrected chi connectivity index (χ4v) is 4.43. The van der Waals surface area contributed by atoms with Crippen molar-refractivity contribution in [1.82, 2.24) is 9.29 Å². The van der Waals surface area contributed by atoms with Crippen molar-refractivity contribution in [3.05, 3.63) is 48.7 Å². The summed E-state index contributed by atoms with van der Waals surface area (Å²) < 4.78 is 31.9. The second kappa shape index (κ2) is 9.79. The SMILES string of the molecule is CCN(CC)S(=O)(=O)c1ccc(SCCCOc2ccccc2)nc1. The number of pyridine rings is 1. The number of nitrogens with zero attached hydrogens (tertiary/aromatic N) is 2. The molecule has 7 heteroatoms. The molecule has 136 valence electrons. The zero-order valence-electron chi connectivity index (χ0n) is 14.6. The Morgan fingerprint density at radius 1 is 1.08 bits per heavy atom. The molecule has 0 aliphatic heterocycles. The molecule has 1 aromatic carbocycles. The van der Waals surface area contributed by atoms with E-state index in [2.05, 4.69) is 4.98 Å². The molecule has 0 radical (unpaired) electrons. The van der Waals surface area contributed by atoms with Crippen LogP contribution in [0.15, 0.2) is 58.6 Å². The summed E-state index contributed by atoms with van der Waals surface area (Å²) >= 11 is 1.60. The van der Waals surface area contributed by atoms with Gasteiger partial charge in [-0.15, -0.1) is 11.8 Å². The Hall–Kier alpha value is -1.57. The first-order valence-corrected chi connectivity index (χ1v) is 10.8. The lowest BCUT2D eigenvalue weighted by molar-refractivity contribution is 0.318. The maximum atomic E-state index is 12.4. The molecule has 2 aromatic rings. The molecule has 0 fully saturated rings. The van der Waals surface area contributed by atoms with Gasteiger partial charge < -0.3 is 4.74 Å². The average molecular weight is 381 g/mol. The van der Waals surface area contributed by atoms with Crippen LogP contribution in [-0.4, -0.2) is 43.2 Å². The van der Waals surface area contributed by atoms with Crippen LogP contribution in [0, 0.1) is 0 Å². The number of benzene rings is 1. The van der Waals surface area contributed by atoms with Crippen molar-refractivity contribution in [2.45, 2.75) is 30.2 Å². The molecular weight excluding hydrogens is 356 g/mol. The quantitative estimate of drug-likeness (QED) is 0.465. The van der Waals surface area contributed by atoms with E-state index in [9.17, 15) is 8.42 Å². The van der Waals surface area contributed by atoms with Gasteiger partial charge in [-0.3, -0.25) is 0 Å². The van der Waals surface area contributed by atoms with E-state index in [4.69, 9.17) is 4.74 Å². The van der Waals surface area contributed by atoms with Crippen LogP contribution in [0.2, 0.25) is 0 Å². The molecule has 0 N–H and O–H groups in total. The highest BCUT2D eigenvalue weighted by molar-refractivity contribution is 7.99. The lowest BCUT2D eigenvalue weighted by Gasteiger charge is -2.18. The van der Waals surface area contributed by atoms with Crippen LogP contribution in [0.4, 0.5) is 0 Å². The standard InChI is InChI=1S/C18H24N2O3S2/c1-3-20(4-2)25(21,22)17-11-12-18(19-15-17)24-14-8-13-23-16-9-6-5-7-10-16/h5-7,9-12,15H,3-4,8,13-14H2,1-2H3. The van der Waals surface area contributed by atoms with Crippen molar-refractivity contribution in [3.63, 3.8) is 0 Å². The predicted molar refractivity (Wildman–Crippen MR) is 102 cm³/mol. The van der Waals surface area contributed by atoms with Gasteiger partial charge in [-0.05, 0) is 30.7 Å². The number of para-hydroxylation sites is 1. The van der Waals surface area contributed by atoms with Crippen molar-refractivity contribution in [1.29, 1.82) is 0 Å². The van der Waals surface area contributed by atoms with Crippen LogP contribution < -0.4 is 4.74 Å². The van der Waals surface area contributed by atoms with Crippen LogP contribution in [0.3, 0.4) is 0 Å². The Morgan fingerprint density at radius 3 is 2.40 bits per heavy atom. The number of hydrogen-bond acceptors (Lipinski definition) is 5. The smallest absolute Gasteiger partial charge is 0.244 e. The van der Waals surface area contributed by atoms with E-state index in [0.717, 1.165) is 22.9 Å². The highest BCUT2D eigenvalue weighted by Crippen LogP contribution is 2.20. The zero-order valence-corrected chi connectivity index (χ0v) is 16.2. The van der Waals surface area contributed by atoms with Crippen LogP contribution >= 0.6 is 11.8 Å². The molecule has 0 aliphatic carbocycles. The Bertz CT molecular complexity index is 731. The van der Waals surface area contributed by atoms with Gasteiger partial charge in [0.15, 0.2) is 0 Å². The lowest BCUT2D eigenvalue weighted by Crippen LogP contribution is -2.30. The molecule has 0 aliphatic rings. The van der Waals surface area contributed by atoms with Crippen molar-refractivity contribution in [2.75, 3.05) is 25.4 Å². The normalized spacial score (nSPS) is 11.6. The van der Waals surface area contributed by atoms with Crippen molar-refractivity contribution in [2.24, 2.45) is 0 Å². The van der Waals surface area contributed by atoms with Gasteiger partial charge in [-0.25, -0.2) is 13.4 Å². The zero-order chi connectivity index (χ0) is 18.1.